The molecule has 2 aromatic carbocycles. The van der Waals surface area contributed by atoms with Crippen LogP contribution in [0.25, 0.3) is 27.3 Å². The Hall–Kier alpha value is -2.59. The van der Waals surface area contributed by atoms with E-state index in [9.17, 15) is 22.4 Å². The highest BCUT2D eigenvalue weighted by Crippen LogP contribution is 2.32. The Morgan fingerprint density at radius 3 is 2.43 bits per heavy atom. The van der Waals surface area contributed by atoms with Crippen molar-refractivity contribution < 1.29 is 17.6 Å². The van der Waals surface area contributed by atoms with E-state index in [1.807, 2.05) is 0 Å². The highest BCUT2D eigenvalue weighted by atomic mass is 79.9. The Morgan fingerprint density at radius 2 is 1.75 bits per heavy atom. The van der Waals surface area contributed by atoms with Crippen LogP contribution in [-0.4, -0.2) is 14.5 Å². The predicted molar refractivity (Wildman–Crippen MR) is 101 cm³/mol. The zero-order chi connectivity index (χ0) is 20.1. The second-order valence-electron chi connectivity index (χ2n) is 5.76. The van der Waals surface area contributed by atoms with Gasteiger partial charge in [0.1, 0.15) is 5.82 Å². The Bertz CT molecular complexity index is 1250. The summed E-state index contributed by atoms with van der Waals surface area (Å²) in [5.41, 5.74) is -0.220. The van der Waals surface area contributed by atoms with Crippen molar-refractivity contribution in [2.45, 2.75) is 6.18 Å². The number of alkyl halides is 3. The summed E-state index contributed by atoms with van der Waals surface area (Å²) in [4.78, 5) is 20.4. The molecule has 142 valence electrons. The van der Waals surface area contributed by atoms with Gasteiger partial charge in [0, 0.05) is 21.5 Å². The summed E-state index contributed by atoms with van der Waals surface area (Å²) >= 11 is 4.19. The topological polar surface area (TPSA) is 47.8 Å². The van der Waals surface area contributed by atoms with Crippen molar-refractivity contribution in [2.24, 2.45) is 0 Å². The van der Waals surface area contributed by atoms with Crippen molar-refractivity contribution in [3.8, 4) is 16.4 Å². The van der Waals surface area contributed by atoms with Crippen LogP contribution in [0.2, 0.25) is 0 Å². The number of thiazole rings is 1. The fraction of sp³-hybridized carbons (Fsp3) is 0.0556. The van der Waals surface area contributed by atoms with Crippen molar-refractivity contribution in [3.05, 3.63) is 74.3 Å². The molecule has 0 aliphatic rings. The third-order valence-electron chi connectivity index (χ3n) is 3.91. The molecule has 0 N–H and O–H groups in total. The number of benzene rings is 2. The van der Waals surface area contributed by atoms with Crippen molar-refractivity contribution in [1.82, 2.24) is 14.5 Å². The maximum absolute atomic E-state index is 13.6. The van der Waals surface area contributed by atoms with Gasteiger partial charge < -0.3 is 0 Å². The molecule has 0 radical (unpaired) electrons. The summed E-state index contributed by atoms with van der Waals surface area (Å²) in [5.74, 6) is -2.23. The first-order valence-corrected chi connectivity index (χ1v) is 9.42. The van der Waals surface area contributed by atoms with Crippen LogP contribution in [0, 0.1) is 5.82 Å². The molecule has 4 nitrogen and oxygen atoms in total. The van der Waals surface area contributed by atoms with Crippen molar-refractivity contribution in [3.63, 3.8) is 0 Å². The lowest BCUT2D eigenvalue weighted by atomic mass is 10.2. The number of hydrogen-bond acceptors (Lipinski definition) is 4. The molecule has 0 amide bonds. The maximum Gasteiger partial charge on any atom is 0.450 e. The molecule has 4 rings (SSSR count). The highest BCUT2D eigenvalue weighted by molar-refractivity contribution is 9.10. The number of halogens is 5. The Balaban J connectivity index is 1.95. The average molecular weight is 470 g/mol. The lowest BCUT2D eigenvalue weighted by Gasteiger charge is -2.13. The summed E-state index contributed by atoms with van der Waals surface area (Å²) in [6.07, 6.45) is -4.93. The fourth-order valence-electron chi connectivity index (χ4n) is 2.65. The van der Waals surface area contributed by atoms with E-state index in [2.05, 4.69) is 25.9 Å². The van der Waals surface area contributed by atoms with Gasteiger partial charge in [-0.3, -0.25) is 4.79 Å². The molecule has 0 bridgehead atoms. The first-order valence-electron chi connectivity index (χ1n) is 7.75. The van der Waals surface area contributed by atoms with Gasteiger partial charge in [0.2, 0.25) is 5.82 Å². The molecule has 0 spiro atoms. The van der Waals surface area contributed by atoms with Gasteiger partial charge in [-0.25, -0.2) is 18.9 Å². The quantitative estimate of drug-likeness (QED) is 0.367. The zero-order valence-corrected chi connectivity index (χ0v) is 16.1. The molecule has 0 saturated carbocycles. The minimum atomic E-state index is -4.93. The maximum atomic E-state index is 13.6. The van der Waals surface area contributed by atoms with E-state index in [4.69, 9.17) is 0 Å². The van der Waals surface area contributed by atoms with Crippen LogP contribution in [-0.2, 0) is 6.18 Å². The van der Waals surface area contributed by atoms with Gasteiger partial charge in [-0.05, 0) is 24.3 Å². The van der Waals surface area contributed by atoms with Crippen LogP contribution in [0.5, 0.6) is 0 Å². The van der Waals surface area contributed by atoms with Crippen LogP contribution in [0.3, 0.4) is 0 Å². The average Bonchev–Trinajstić information content (AvgIpc) is 3.10. The van der Waals surface area contributed by atoms with Gasteiger partial charge in [0.05, 0.1) is 16.6 Å². The molecule has 4 aromatic rings. The van der Waals surface area contributed by atoms with Crippen LogP contribution in [0.4, 0.5) is 17.6 Å². The SMILES string of the molecule is O=c1c2ccc(F)cc2nc(C(F)(F)F)n1-c1nc(-c2ccc(Br)cc2)cs1. The molecule has 0 aliphatic carbocycles. The van der Waals surface area contributed by atoms with E-state index in [0.29, 0.717) is 15.8 Å². The number of aromatic nitrogens is 3. The Kier molecular flexibility index (Phi) is 4.54. The zero-order valence-electron chi connectivity index (χ0n) is 13.7. The van der Waals surface area contributed by atoms with E-state index in [1.54, 1.807) is 29.6 Å². The minimum Gasteiger partial charge on any atom is -0.268 e. The smallest absolute Gasteiger partial charge is 0.268 e. The van der Waals surface area contributed by atoms with Gasteiger partial charge in [0.15, 0.2) is 5.13 Å². The number of hydrogen-bond donors (Lipinski definition) is 0. The van der Waals surface area contributed by atoms with E-state index in [0.717, 1.165) is 34.0 Å². The van der Waals surface area contributed by atoms with Crippen molar-refractivity contribution >= 4 is 38.2 Å². The lowest BCUT2D eigenvalue weighted by Crippen LogP contribution is -2.28. The molecule has 0 saturated heterocycles. The van der Waals surface area contributed by atoms with E-state index in [-0.39, 0.29) is 16.0 Å². The molecule has 0 unspecified atom stereocenters. The van der Waals surface area contributed by atoms with Crippen LogP contribution >= 0.6 is 27.3 Å². The van der Waals surface area contributed by atoms with Crippen LogP contribution in [0.15, 0.2) is 57.1 Å². The Morgan fingerprint density at radius 1 is 1.04 bits per heavy atom. The van der Waals surface area contributed by atoms with E-state index in [1.165, 1.54) is 0 Å². The van der Waals surface area contributed by atoms with E-state index >= 15 is 0 Å². The summed E-state index contributed by atoms with van der Waals surface area (Å²) in [6, 6.07) is 9.95. The molecule has 0 atom stereocenters. The second kappa shape index (κ2) is 6.78. The second-order valence-corrected chi connectivity index (χ2v) is 7.51. The minimum absolute atomic E-state index is 0.130. The molecule has 28 heavy (non-hydrogen) atoms. The van der Waals surface area contributed by atoms with Gasteiger partial charge >= 0.3 is 6.18 Å². The molecule has 2 heterocycles. The van der Waals surface area contributed by atoms with Crippen molar-refractivity contribution in [1.29, 1.82) is 0 Å². The normalized spacial score (nSPS) is 11.9. The Labute approximate surface area is 167 Å². The first kappa shape index (κ1) is 18.8. The fourth-order valence-corrected chi connectivity index (χ4v) is 3.74. The first-order chi connectivity index (χ1) is 13.2. The lowest BCUT2D eigenvalue weighted by molar-refractivity contribution is -0.146. The monoisotopic (exact) mass is 469 g/mol. The standard InChI is InChI=1S/C18H8BrF4N3OS/c19-10-3-1-9(2-4-10)14-8-28-17(25-14)26-15(27)12-6-5-11(20)7-13(12)24-16(26)18(21,22)23/h1-8H. The van der Waals surface area contributed by atoms with Gasteiger partial charge in [-0.1, -0.05) is 28.1 Å². The predicted octanol–water partition coefficient (Wildman–Crippen LogP) is 5.43. The van der Waals surface area contributed by atoms with Crippen LogP contribution < -0.4 is 5.56 Å². The van der Waals surface area contributed by atoms with Gasteiger partial charge in [-0.15, -0.1) is 11.3 Å². The highest BCUT2D eigenvalue weighted by Gasteiger charge is 2.38. The molecular weight excluding hydrogens is 462 g/mol. The third kappa shape index (κ3) is 3.33. The molecule has 2 aromatic heterocycles. The number of fused-ring (bicyclic) bond motifs is 1. The molecule has 0 fully saturated rings. The van der Waals surface area contributed by atoms with Gasteiger partial charge in [0.25, 0.3) is 5.56 Å². The third-order valence-corrected chi connectivity index (χ3v) is 5.26. The summed E-state index contributed by atoms with van der Waals surface area (Å²) in [6.45, 7) is 0. The van der Waals surface area contributed by atoms with Crippen molar-refractivity contribution in [2.75, 3.05) is 0 Å². The summed E-state index contributed by atoms with van der Waals surface area (Å²) in [7, 11) is 0. The molecular formula is C18H8BrF4N3OS. The number of nitrogens with zero attached hydrogens (tertiary/aromatic N) is 3. The summed E-state index contributed by atoms with van der Waals surface area (Å²) in [5, 5.41) is 1.25. The molecule has 0 aliphatic heterocycles. The van der Waals surface area contributed by atoms with Crippen LogP contribution in [0.1, 0.15) is 5.82 Å². The van der Waals surface area contributed by atoms with E-state index < -0.39 is 23.4 Å². The van der Waals surface area contributed by atoms with Gasteiger partial charge in [-0.2, -0.15) is 13.2 Å². The number of rotatable bonds is 2. The summed E-state index contributed by atoms with van der Waals surface area (Å²) < 4.78 is 55.4. The largest absolute Gasteiger partial charge is 0.450 e. The molecule has 10 heteroatoms.